The Bertz CT molecular complexity index is 1150. The van der Waals surface area contributed by atoms with E-state index >= 15 is 0 Å². The molecule has 1 aliphatic carbocycles. The van der Waals surface area contributed by atoms with Crippen LogP contribution >= 0.6 is 0 Å². The lowest BCUT2D eigenvalue weighted by Gasteiger charge is -2.35. The van der Waals surface area contributed by atoms with E-state index in [1.807, 2.05) is 6.92 Å². The van der Waals surface area contributed by atoms with Gasteiger partial charge in [0.25, 0.3) is 0 Å². The number of ether oxygens (including phenoxy) is 1. The van der Waals surface area contributed by atoms with Gasteiger partial charge in [-0.05, 0) is 87.9 Å². The lowest BCUT2D eigenvalue weighted by atomic mass is 9.98. The van der Waals surface area contributed by atoms with Gasteiger partial charge >= 0.3 is 6.09 Å². The number of alkyl carbamates (subject to hydrolysis) is 1. The Hall–Kier alpha value is -3.75. The molecule has 0 heterocycles. The van der Waals surface area contributed by atoms with E-state index in [2.05, 4.69) is 10.6 Å². The van der Waals surface area contributed by atoms with Crippen LogP contribution in [0.4, 0.5) is 4.79 Å². The molecule has 0 aliphatic heterocycles. The fraction of sp³-hybridized carbons (Fsp3) is 0.500. The number of phenolic OH excluding ortho intramolecular Hbond substituents is 2. The molecule has 2 aromatic carbocycles. The van der Waals surface area contributed by atoms with Crippen molar-refractivity contribution in [2.45, 2.75) is 90.4 Å². The summed E-state index contributed by atoms with van der Waals surface area (Å²) in [6.07, 6.45) is 2.58. The van der Waals surface area contributed by atoms with Gasteiger partial charge in [0.05, 0.1) is 0 Å². The van der Waals surface area contributed by atoms with Crippen LogP contribution in [0.5, 0.6) is 11.5 Å². The molecule has 1 aliphatic rings. The molecule has 2 atom stereocenters. The third-order valence-corrected chi connectivity index (χ3v) is 6.45. The maximum absolute atomic E-state index is 14.3. The molecule has 1 saturated carbocycles. The highest BCUT2D eigenvalue weighted by atomic mass is 16.6. The monoisotopic (exact) mass is 539 g/mol. The zero-order chi connectivity index (χ0) is 28.7. The number of rotatable bonds is 11. The van der Waals surface area contributed by atoms with Crippen LogP contribution in [-0.2, 0) is 20.7 Å². The first-order valence-corrected chi connectivity index (χ1v) is 13.6. The largest absolute Gasteiger partial charge is 0.508 e. The van der Waals surface area contributed by atoms with Crippen molar-refractivity contribution in [3.05, 3.63) is 59.2 Å². The Morgan fingerprint density at radius 3 is 2.31 bits per heavy atom. The summed E-state index contributed by atoms with van der Waals surface area (Å²) in [4.78, 5) is 42.3. The minimum absolute atomic E-state index is 0.0906. The first-order valence-electron chi connectivity index (χ1n) is 13.6. The number of aromatic hydroxyl groups is 2. The van der Waals surface area contributed by atoms with Crippen molar-refractivity contribution in [1.29, 1.82) is 0 Å². The van der Waals surface area contributed by atoms with Gasteiger partial charge in [0.2, 0.25) is 11.8 Å². The molecule has 1 fully saturated rings. The van der Waals surface area contributed by atoms with Crippen LogP contribution in [0.1, 0.15) is 76.1 Å². The molecule has 0 bridgehead atoms. The zero-order valence-corrected chi connectivity index (χ0v) is 23.5. The summed E-state index contributed by atoms with van der Waals surface area (Å²) in [5.41, 5.74) is 1.13. The van der Waals surface area contributed by atoms with Gasteiger partial charge in [0, 0.05) is 19.0 Å². The quantitative estimate of drug-likeness (QED) is 0.312. The molecule has 9 heteroatoms. The Morgan fingerprint density at radius 1 is 1.08 bits per heavy atom. The highest BCUT2D eigenvalue weighted by Crippen LogP contribution is 2.37. The smallest absolute Gasteiger partial charge is 0.408 e. The predicted molar refractivity (Wildman–Crippen MR) is 148 cm³/mol. The van der Waals surface area contributed by atoms with Crippen LogP contribution in [0.15, 0.2) is 42.5 Å². The maximum atomic E-state index is 14.3. The van der Waals surface area contributed by atoms with E-state index in [9.17, 15) is 24.6 Å². The number of unbranched alkanes of at least 4 members (excludes halogenated alkanes) is 1. The van der Waals surface area contributed by atoms with Gasteiger partial charge in [-0.1, -0.05) is 31.5 Å². The number of amides is 3. The third kappa shape index (κ3) is 8.63. The summed E-state index contributed by atoms with van der Waals surface area (Å²) in [6.45, 7) is 9.47. The molecule has 212 valence electrons. The van der Waals surface area contributed by atoms with Crippen molar-refractivity contribution in [2.75, 3.05) is 6.54 Å². The summed E-state index contributed by atoms with van der Waals surface area (Å²) in [5.74, 6) is -0.523. The number of hydrogen-bond acceptors (Lipinski definition) is 6. The summed E-state index contributed by atoms with van der Waals surface area (Å²) >= 11 is 0. The van der Waals surface area contributed by atoms with Crippen molar-refractivity contribution in [3.8, 4) is 11.5 Å². The number of benzene rings is 2. The van der Waals surface area contributed by atoms with Gasteiger partial charge in [-0.25, -0.2) is 4.79 Å². The number of phenols is 2. The average Bonchev–Trinajstić information content (AvgIpc) is 3.69. The molecule has 0 saturated heterocycles. The van der Waals surface area contributed by atoms with E-state index < -0.39 is 29.7 Å². The third-order valence-electron chi connectivity index (χ3n) is 6.45. The molecule has 3 rings (SSSR count). The van der Waals surface area contributed by atoms with Crippen LogP contribution < -0.4 is 10.6 Å². The van der Waals surface area contributed by atoms with Crippen LogP contribution in [-0.4, -0.2) is 57.3 Å². The lowest BCUT2D eigenvalue weighted by Crippen LogP contribution is -2.54. The van der Waals surface area contributed by atoms with Crippen molar-refractivity contribution in [1.82, 2.24) is 15.5 Å². The topological polar surface area (TPSA) is 128 Å². The molecule has 2 aromatic rings. The Labute approximate surface area is 230 Å². The van der Waals surface area contributed by atoms with E-state index in [4.69, 9.17) is 4.74 Å². The van der Waals surface area contributed by atoms with Crippen molar-refractivity contribution in [2.24, 2.45) is 0 Å². The fourth-order valence-electron chi connectivity index (χ4n) is 4.34. The minimum Gasteiger partial charge on any atom is -0.508 e. The number of hydrogen-bond donors (Lipinski definition) is 4. The zero-order valence-electron chi connectivity index (χ0n) is 23.5. The first-order chi connectivity index (χ1) is 18.4. The standard InChI is InChI=1S/C30H41N3O6/c1-6-7-16-31-27(36)26(21-10-15-25(35)19(2)17-21)33(22-11-12-22)28(37)24(32-29(38)39-30(3,4)5)18-20-8-13-23(34)14-9-20/h8-10,13-15,17,22,24,26,34-35H,6-7,11-12,16,18H2,1-5H3,(H,31,36)(H,32,38). The van der Waals surface area contributed by atoms with Crippen LogP contribution in [0.25, 0.3) is 0 Å². The van der Waals surface area contributed by atoms with Crippen molar-refractivity contribution in [3.63, 3.8) is 0 Å². The Kier molecular flexibility index (Phi) is 9.83. The number of aryl methyl sites for hydroxylation is 1. The van der Waals surface area contributed by atoms with Crippen molar-refractivity contribution >= 4 is 17.9 Å². The molecule has 0 spiro atoms. The number of nitrogens with one attached hydrogen (secondary N) is 2. The number of carbonyl (C=O) groups excluding carboxylic acids is 3. The van der Waals surface area contributed by atoms with Gasteiger partial charge < -0.3 is 30.5 Å². The lowest BCUT2D eigenvalue weighted by molar-refractivity contribution is -0.143. The van der Waals surface area contributed by atoms with E-state index in [0.29, 0.717) is 17.7 Å². The normalized spacial score (nSPS) is 14.7. The second-order valence-electron chi connectivity index (χ2n) is 11.1. The molecule has 0 aromatic heterocycles. The predicted octanol–water partition coefficient (Wildman–Crippen LogP) is 4.49. The van der Waals surface area contributed by atoms with Gasteiger partial charge in [0.1, 0.15) is 29.2 Å². The van der Waals surface area contributed by atoms with E-state index in [-0.39, 0.29) is 29.9 Å². The summed E-state index contributed by atoms with van der Waals surface area (Å²) in [7, 11) is 0. The first kappa shape index (κ1) is 29.8. The second kappa shape index (κ2) is 12.9. The summed E-state index contributed by atoms with van der Waals surface area (Å²) in [6, 6.07) is 9.19. The Balaban J connectivity index is 2.00. The molecule has 39 heavy (non-hydrogen) atoms. The number of nitrogens with zero attached hydrogens (tertiary/aromatic N) is 1. The maximum Gasteiger partial charge on any atom is 0.408 e. The van der Waals surface area contributed by atoms with E-state index in [0.717, 1.165) is 31.2 Å². The van der Waals surface area contributed by atoms with Gasteiger partial charge in [-0.2, -0.15) is 0 Å². The Morgan fingerprint density at radius 2 is 1.74 bits per heavy atom. The van der Waals surface area contributed by atoms with Gasteiger partial charge in [0.15, 0.2) is 0 Å². The van der Waals surface area contributed by atoms with E-state index in [1.165, 1.54) is 18.2 Å². The molecule has 9 nitrogen and oxygen atoms in total. The SMILES string of the molecule is CCCCNC(=O)C(c1ccc(O)c(C)c1)N(C(=O)C(Cc1ccc(O)cc1)NC(=O)OC(C)(C)C)C1CC1. The average molecular weight is 540 g/mol. The fourth-order valence-corrected chi connectivity index (χ4v) is 4.34. The van der Waals surface area contributed by atoms with Gasteiger partial charge in [-0.3, -0.25) is 9.59 Å². The summed E-state index contributed by atoms with van der Waals surface area (Å²) in [5, 5.41) is 25.5. The molecule has 2 unspecified atom stereocenters. The van der Waals surface area contributed by atoms with Gasteiger partial charge in [-0.15, -0.1) is 0 Å². The molecule has 0 radical (unpaired) electrons. The highest BCUT2D eigenvalue weighted by molar-refractivity contribution is 5.92. The number of carbonyl (C=O) groups is 3. The summed E-state index contributed by atoms with van der Waals surface area (Å²) < 4.78 is 5.45. The van der Waals surface area contributed by atoms with Crippen LogP contribution in [0, 0.1) is 6.92 Å². The highest BCUT2D eigenvalue weighted by Gasteiger charge is 2.44. The van der Waals surface area contributed by atoms with Crippen molar-refractivity contribution < 1.29 is 29.3 Å². The molecular weight excluding hydrogens is 498 g/mol. The molecular formula is C30H41N3O6. The van der Waals surface area contributed by atoms with Crippen LogP contribution in [0.3, 0.4) is 0 Å². The molecule has 4 N–H and O–H groups in total. The second-order valence-corrected chi connectivity index (χ2v) is 11.1. The van der Waals surface area contributed by atoms with E-state index in [1.54, 1.807) is 56.9 Å². The van der Waals surface area contributed by atoms with Crippen LogP contribution in [0.2, 0.25) is 0 Å². The molecule has 3 amide bonds. The minimum atomic E-state index is -1.02.